The minimum atomic E-state index is -3.26. The summed E-state index contributed by atoms with van der Waals surface area (Å²) in [6.45, 7) is 5.68. The molecule has 0 spiro atoms. The predicted molar refractivity (Wildman–Crippen MR) is 100 cm³/mol. The summed E-state index contributed by atoms with van der Waals surface area (Å²) in [6.07, 6.45) is 3.95. The number of rotatable bonds is 5. The first-order chi connectivity index (χ1) is 11.7. The van der Waals surface area contributed by atoms with Crippen molar-refractivity contribution in [2.45, 2.75) is 57.2 Å². The van der Waals surface area contributed by atoms with Crippen molar-refractivity contribution in [3.05, 3.63) is 24.3 Å². The van der Waals surface area contributed by atoms with E-state index in [4.69, 9.17) is 4.42 Å². The van der Waals surface area contributed by atoms with Crippen LogP contribution in [0.25, 0.3) is 11.1 Å². The Morgan fingerprint density at radius 2 is 1.84 bits per heavy atom. The quantitative estimate of drug-likeness (QED) is 0.847. The molecule has 0 atom stereocenters. The third-order valence-corrected chi connectivity index (χ3v) is 7.00. The number of hydrogen-bond acceptors (Lipinski definition) is 5. The van der Waals surface area contributed by atoms with Gasteiger partial charge in [-0.1, -0.05) is 12.1 Å². The van der Waals surface area contributed by atoms with E-state index in [1.54, 1.807) is 20.8 Å². The first-order valence-electron chi connectivity index (χ1n) is 8.86. The molecule has 1 heterocycles. The van der Waals surface area contributed by atoms with Crippen LogP contribution in [0.1, 0.15) is 46.5 Å². The maximum Gasteiger partial charge on any atom is 0.295 e. The molecule has 1 saturated carbocycles. The zero-order valence-corrected chi connectivity index (χ0v) is 15.9. The number of nitrogens with zero attached hydrogens (tertiary/aromatic N) is 1. The second kappa shape index (κ2) is 6.96. The van der Waals surface area contributed by atoms with Gasteiger partial charge in [0.1, 0.15) is 5.52 Å². The summed E-state index contributed by atoms with van der Waals surface area (Å²) >= 11 is 0. The molecular formula is C18H27N3O3S. The van der Waals surface area contributed by atoms with Gasteiger partial charge in [0.15, 0.2) is 5.58 Å². The minimum absolute atomic E-state index is 0.323. The van der Waals surface area contributed by atoms with Crippen LogP contribution in [0.3, 0.4) is 0 Å². The average molecular weight is 365 g/mol. The van der Waals surface area contributed by atoms with Gasteiger partial charge in [-0.05, 0) is 64.5 Å². The molecule has 0 saturated heterocycles. The Kier molecular flexibility index (Phi) is 5.06. The average Bonchev–Trinajstić information content (AvgIpc) is 2.95. The fourth-order valence-corrected chi connectivity index (χ4v) is 3.95. The smallest absolute Gasteiger partial charge is 0.295 e. The van der Waals surface area contributed by atoms with Crippen LogP contribution in [0.5, 0.6) is 0 Å². The Bertz CT molecular complexity index is 782. The first kappa shape index (κ1) is 18.2. The van der Waals surface area contributed by atoms with E-state index in [1.165, 1.54) is 0 Å². The van der Waals surface area contributed by atoms with Gasteiger partial charge in [0.2, 0.25) is 10.0 Å². The monoisotopic (exact) mass is 365 g/mol. The zero-order valence-electron chi connectivity index (χ0n) is 15.1. The molecule has 25 heavy (non-hydrogen) atoms. The van der Waals surface area contributed by atoms with Gasteiger partial charge in [0.25, 0.3) is 6.01 Å². The van der Waals surface area contributed by atoms with Crippen molar-refractivity contribution in [2.24, 2.45) is 5.92 Å². The summed E-state index contributed by atoms with van der Waals surface area (Å²) in [5.74, 6) is 0.388. The third-order valence-electron chi connectivity index (χ3n) is 4.84. The molecule has 1 aromatic carbocycles. The molecule has 1 fully saturated rings. The Hall–Kier alpha value is -1.60. The van der Waals surface area contributed by atoms with Crippen LogP contribution >= 0.6 is 0 Å². The SMILES string of the molecule is CC(C)(C)S(=O)(=O)NCC1CCC(Nc2nc3ccccc3o2)CC1. The van der Waals surface area contributed by atoms with Crippen LogP contribution in [0.4, 0.5) is 6.01 Å². The molecule has 6 nitrogen and oxygen atoms in total. The third kappa shape index (κ3) is 4.33. The topological polar surface area (TPSA) is 84.2 Å². The normalized spacial score (nSPS) is 22.2. The van der Waals surface area contributed by atoms with Gasteiger partial charge in [-0.3, -0.25) is 0 Å². The minimum Gasteiger partial charge on any atom is -0.424 e. The van der Waals surface area contributed by atoms with E-state index in [0.717, 1.165) is 36.8 Å². The standard InChI is InChI=1S/C18H27N3O3S/c1-18(2,3)25(22,23)19-12-13-8-10-14(11-9-13)20-17-21-15-6-4-5-7-16(15)24-17/h4-7,13-14,19H,8-12H2,1-3H3,(H,20,21). The van der Waals surface area contributed by atoms with Gasteiger partial charge in [-0.25, -0.2) is 13.1 Å². The van der Waals surface area contributed by atoms with Crippen molar-refractivity contribution < 1.29 is 12.8 Å². The Morgan fingerprint density at radius 3 is 2.48 bits per heavy atom. The number of oxazole rings is 1. The lowest BCUT2D eigenvalue weighted by Crippen LogP contribution is -2.42. The second-order valence-electron chi connectivity index (χ2n) is 7.81. The van der Waals surface area contributed by atoms with E-state index in [1.807, 2.05) is 24.3 Å². The molecular weight excluding hydrogens is 338 g/mol. The molecule has 0 amide bonds. The highest BCUT2D eigenvalue weighted by atomic mass is 32.2. The van der Waals surface area contributed by atoms with E-state index in [-0.39, 0.29) is 0 Å². The Labute approximate surface area is 149 Å². The molecule has 0 unspecified atom stereocenters. The van der Waals surface area contributed by atoms with Crippen molar-refractivity contribution in [3.63, 3.8) is 0 Å². The Morgan fingerprint density at radius 1 is 1.16 bits per heavy atom. The van der Waals surface area contributed by atoms with Crippen molar-refractivity contribution >= 4 is 27.1 Å². The fourth-order valence-electron chi connectivity index (χ4n) is 3.06. The van der Waals surface area contributed by atoms with Crippen LogP contribution in [0, 0.1) is 5.92 Å². The fraction of sp³-hybridized carbons (Fsp3) is 0.611. The highest BCUT2D eigenvalue weighted by molar-refractivity contribution is 7.90. The highest BCUT2D eigenvalue weighted by Gasteiger charge is 2.30. The zero-order chi connectivity index (χ0) is 18.1. The summed E-state index contributed by atoms with van der Waals surface area (Å²) in [4.78, 5) is 4.45. The maximum absolute atomic E-state index is 12.1. The molecule has 3 rings (SSSR count). The summed E-state index contributed by atoms with van der Waals surface area (Å²) in [6, 6.07) is 8.61. The van der Waals surface area contributed by atoms with E-state index in [9.17, 15) is 8.42 Å². The highest BCUT2D eigenvalue weighted by Crippen LogP contribution is 2.28. The van der Waals surface area contributed by atoms with Crippen LogP contribution in [-0.2, 0) is 10.0 Å². The van der Waals surface area contributed by atoms with Crippen LogP contribution < -0.4 is 10.0 Å². The first-order valence-corrected chi connectivity index (χ1v) is 10.3. The van der Waals surface area contributed by atoms with Crippen LogP contribution in [0.15, 0.2) is 28.7 Å². The van der Waals surface area contributed by atoms with Gasteiger partial charge in [-0.2, -0.15) is 4.98 Å². The number of sulfonamides is 1. The molecule has 2 N–H and O–H groups in total. The van der Waals surface area contributed by atoms with Gasteiger partial charge in [0, 0.05) is 12.6 Å². The summed E-state index contributed by atoms with van der Waals surface area (Å²) in [7, 11) is -3.26. The van der Waals surface area contributed by atoms with Gasteiger partial charge >= 0.3 is 0 Å². The summed E-state index contributed by atoms with van der Waals surface area (Å²) < 4.78 is 32.0. The van der Waals surface area contributed by atoms with Gasteiger partial charge < -0.3 is 9.73 Å². The predicted octanol–water partition coefficient (Wildman–Crippen LogP) is 3.52. The molecule has 7 heteroatoms. The number of anilines is 1. The van der Waals surface area contributed by atoms with Crippen LogP contribution in [-0.4, -0.2) is 30.7 Å². The lowest BCUT2D eigenvalue weighted by Gasteiger charge is -2.29. The largest absolute Gasteiger partial charge is 0.424 e. The molecule has 0 radical (unpaired) electrons. The van der Waals surface area contributed by atoms with Crippen molar-refractivity contribution in [1.82, 2.24) is 9.71 Å². The van der Waals surface area contributed by atoms with Gasteiger partial charge in [-0.15, -0.1) is 0 Å². The summed E-state index contributed by atoms with van der Waals surface area (Å²) in [5, 5.41) is 3.37. The van der Waals surface area contributed by atoms with E-state index in [2.05, 4.69) is 15.0 Å². The van der Waals surface area contributed by atoms with Crippen molar-refractivity contribution in [2.75, 3.05) is 11.9 Å². The number of fused-ring (bicyclic) bond motifs is 1. The molecule has 0 aliphatic heterocycles. The summed E-state index contributed by atoms with van der Waals surface area (Å²) in [5.41, 5.74) is 1.64. The number of aromatic nitrogens is 1. The van der Waals surface area contributed by atoms with E-state index >= 15 is 0 Å². The number of nitrogens with one attached hydrogen (secondary N) is 2. The maximum atomic E-state index is 12.1. The van der Waals surface area contributed by atoms with Gasteiger partial charge in [0.05, 0.1) is 4.75 Å². The van der Waals surface area contributed by atoms with Crippen molar-refractivity contribution in [3.8, 4) is 0 Å². The lowest BCUT2D eigenvalue weighted by atomic mass is 9.86. The van der Waals surface area contributed by atoms with E-state index < -0.39 is 14.8 Å². The van der Waals surface area contributed by atoms with Crippen molar-refractivity contribution in [1.29, 1.82) is 0 Å². The molecule has 0 bridgehead atoms. The lowest BCUT2D eigenvalue weighted by molar-refractivity contribution is 0.333. The Balaban J connectivity index is 1.49. The number of hydrogen-bond donors (Lipinski definition) is 2. The number of para-hydroxylation sites is 2. The molecule has 1 aromatic heterocycles. The molecule has 1 aliphatic carbocycles. The number of benzene rings is 1. The molecule has 2 aromatic rings. The molecule has 1 aliphatic rings. The van der Waals surface area contributed by atoms with Crippen LogP contribution in [0.2, 0.25) is 0 Å². The van der Waals surface area contributed by atoms with E-state index in [0.29, 0.717) is 24.5 Å². The second-order valence-corrected chi connectivity index (χ2v) is 10.3. The molecule has 138 valence electrons.